The molecule has 2 unspecified atom stereocenters. The standard InChI is InChI=1S/C19H21NO3/c1-3-14-8-10-15(11-9-14)13(2)20-19(21)18-12-22-16-6-4-5-7-17(16)23-18/h4-11,13,18H,3,12H2,1-2H3,(H,20,21). The molecular formula is C19H21NO3. The summed E-state index contributed by atoms with van der Waals surface area (Å²) in [6.07, 6.45) is 0.385. The molecule has 2 aromatic rings. The highest BCUT2D eigenvalue weighted by atomic mass is 16.6. The summed E-state index contributed by atoms with van der Waals surface area (Å²) >= 11 is 0. The van der Waals surface area contributed by atoms with E-state index in [-0.39, 0.29) is 18.6 Å². The van der Waals surface area contributed by atoms with Crippen molar-refractivity contribution in [2.24, 2.45) is 0 Å². The Morgan fingerprint density at radius 3 is 2.57 bits per heavy atom. The van der Waals surface area contributed by atoms with Gasteiger partial charge in [0, 0.05) is 0 Å². The number of hydrogen-bond acceptors (Lipinski definition) is 3. The zero-order valence-electron chi connectivity index (χ0n) is 13.4. The van der Waals surface area contributed by atoms with Crippen LogP contribution in [0.3, 0.4) is 0 Å². The highest BCUT2D eigenvalue weighted by Crippen LogP contribution is 2.31. The van der Waals surface area contributed by atoms with Crippen LogP contribution in [0.1, 0.15) is 31.0 Å². The van der Waals surface area contributed by atoms with Crippen LogP contribution in [0.5, 0.6) is 11.5 Å². The van der Waals surface area contributed by atoms with Crippen LogP contribution in [-0.4, -0.2) is 18.6 Å². The normalized spacial score (nSPS) is 17.4. The fraction of sp³-hybridized carbons (Fsp3) is 0.316. The summed E-state index contributed by atoms with van der Waals surface area (Å²) in [7, 11) is 0. The van der Waals surface area contributed by atoms with Crippen molar-refractivity contribution in [2.75, 3.05) is 6.61 Å². The first kappa shape index (κ1) is 15.4. The van der Waals surface area contributed by atoms with Gasteiger partial charge in [-0.25, -0.2) is 0 Å². The maximum absolute atomic E-state index is 12.4. The van der Waals surface area contributed by atoms with Gasteiger partial charge in [0.1, 0.15) is 6.61 Å². The van der Waals surface area contributed by atoms with Gasteiger partial charge in [0.2, 0.25) is 6.10 Å². The lowest BCUT2D eigenvalue weighted by molar-refractivity contribution is -0.131. The van der Waals surface area contributed by atoms with Crippen LogP contribution in [0.25, 0.3) is 0 Å². The molecule has 0 radical (unpaired) electrons. The molecule has 1 heterocycles. The average molecular weight is 311 g/mol. The molecule has 0 spiro atoms. The van der Waals surface area contributed by atoms with E-state index in [1.54, 1.807) is 0 Å². The molecule has 1 N–H and O–H groups in total. The van der Waals surface area contributed by atoms with Crippen molar-refractivity contribution in [2.45, 2.75) is 32.4 Å². The molecule has 0 aliphatic carbocycles. The number of carbonyl (C=O) groups is 1. The molecule has 1 amide bonds. The number of aryl methyl sites for hydroxylation is 1. The van der Waals surface area contributed by atoms with Crippen LogP contribution in [0, 0.1) is 0 Å². The van der Waals surface area contributed by atoms with Crippen molar-refractivity contribution in [3.63, 3.8) is 0 Å². The van der Waals surface area contributed by atoms with E-state index in [1.807, 2.05) is 31.2 Å². The summed E-state index contributed by atoms with van der Waals surface area (Å²) in [4.78, 5) is 12.4. The lowest BCUT2D eigenvalue weighted by Crippen LogP contribution is -2.44. The molecule has 0 bridgehead atoms. The minimum atomic E-state index is -0.623. The molecule has 0 saturated heterocycles. The summed E-state index contributed by atoms with van der Waals surface area (Å²) in [5, 5.41) is 2.99. The minimum Gasteiger partial charge on any atom is -0.485 e. The second-order valence-electron chi connectivity index (χ2n) is 5.69. The molecule has 2 aromatic carbocycles. The molecule has 4 heteroatoms. The van der Waals surface area contributed by atoms with E-state index in [4.69, 9.17) is 9.47 Å². The number of fused-ring (bicyclic) bond motifs is 1. The van der Waals surface area contributed by atoms with Gasteiger partial charge in [0.15, 0.2) is 11.5 Å². The molecular weight excluding hydrogens is 290 g/mol. The van der Waals surface area contributed by atoms with Crippen LogP contribution >= 0.6 is 0 Å². The van der Waals surface area contributed by atoms with Gasteiger partial charge in [-0.1, -0.05) is 43.3 Å². The molecule has 23 heavy (non-hydrogen) atoms. The molecule has 1 aliphatic heterocycles. The van der Waals surface area contributed by atoms with Gasteiger partial charge in [-0.3, -0.25) is 4.79 Å². The summed E-state index contributed by atoms with van der Waals surface area (Å²) in [5.74, 6) is 1.13. The number of nitrogens with one attached hydrogen (secondary N) is 1. The topological polar surface area (TPSA) is 47.6 Å². The van der Waals surface area contributed by atoms with E-state index in [2.05, 4.69) is 36.5 Å². The van der Waals surface area contributed by atoms with Crippen molar-refractivity contribution in [1.29, 1.82) is 0 Å². The maximum atomic E-state index is 12.4. The monoisotopic (exact) mass is 311 g/mol. The van der Waals surface area contributed by atoms with Crippen molar-refractivity contribution in [3.05, 3.63) is 59.7 Å². The maximum Gasteiger partial charge on any atom is 0.265 e. The van der Waals surface area contributed by atoms with Crippen LogP contribution in [0.2, 0.25) is 0 Å². The molecule has 1 aliphatic rings. The van der Waals surface area contributed by atoms with Gasteiger partial charge in [-0.2, -0.15) is 0 Å². The van der Waals surface area contributed by atoms with Gasteiger partial charge >= 0.3 is 0 Å². The van der Waals surface area contributed by atoms with Gasteiger partial charge in [-0.05, 0) is 36.6 Å². The minimum absolute atomic E-state index is 0.0748. The quantitative estimate of drug-likeness (QED) is 0.943. The first-order chi connectivity index (χ1) is 11.2. The highest BCUT2D eigenvalue weighted by Gasteiger charge is 2.28. The van der Waals surface area contributed by atoms with Gasteiger partial charge in [0.25, 0.3) is 5.91 Å². The average Bonchev–Trinajstić information content (AvgIpc) is 2.61. The Morgan fingerprint density at radius 1 is 1.17 bits per heavy atom. The third-order valence-corrected chi connectivity index (χ3v) is 4.05. The Morgan fingerprint density at radius 2 is 1.87 bits per heavy atom. The third-order valence-electron chi connectivity index (χ3n) is 4.05. The lowest BCUT2D eigenvalue weighted by atomic mass is 10.0. The van der Waals surface area contributed by atoms with Crippen LogP contribution in [0.4, 0.5) is 0 Å². The predicted molar refractivity (Wildman–Crippen MR) is 88.7 cm³/mol. The predicted octanol–water partition coefficient (Wildman–Crippen LogP) is 3.27. The lowest BCUT2D eigenvalue weighted by Gasteiger charge is -2.26. The summed E-state index contributed by atoms with van der Waals surface area (Å²) in [6.45, 7) is 4.32. The van der Waals surface area contributed by atoms with Crippen LogP contribution in [-0.2, 0) is 11.2 Å². The second-order valence-corrected chi connectivity index (χ2v) is 5.69. The Kier molecular flexibility index (Phi) is 4.51. The number of amides is 1. The van der Waals surface area contributed by atoms with E-state index < -0.39 is 6.10 Å². The largest absolute Gasteiger partial charge is 0.485 e. The number of rotatable bonds is 4. The fourth-order valence-electron chi connectivity index (χ4n) is 2.58. The summed E-state index contributed by atoms with van der Waals surface area (Å²) < 4.78 is 11.3. The molecule has 0 fully saturated rings. The molecule has 0 saturated carbocycles. The zero-order valence-corrected chi connectivity index (χ0v) is 13.4. The smallest absolute Gasteiger partial charge is 0.265 e. The van der Waals surface area contributed by atoms with Crippen molar-refractivity contribution in [1.82, 2.24) is 5.32 Å². The second kappa shape index (κ2) is 6.73. The Hall–Kier alpha value is -2.49. The highest BCUT2D eigenvalue weighted by molar-refractivity contribution is 5.82. The van der Waals surface area contributed by atoms with Gasteiger partial charge in [0.05, 0.1) is 6.04 Å². The molecule has 4 nitrogen and oxygen atoms in total. The van der Waals surface area contributed by atoms with E-state index in [1.165, 1.54) is 5.56 Å². The van der Waals surface area contributed by atoms with E-state index in [0.717, 1.165) is 12.0 Å². The van der Waals surface area contributed by atoms with Crippen molar-refractivity contribution >= 4 is 5.91 Å². The first-order valence-electron chi connectivity index (χ1n) is 7.95. The Labute approximate surface area is 136 Å². The molecule has 120 valence electrons. The number of benzene rings is 2. The summed E-state index contributed by atoms with van der Waals surface area (Å²) in [6, 6.07) is 15.6. The van der Waals surface area contributed by atoms with E-state index in [0.29, 0.717) is 11.5 Å². The SMILES string of the molecule is CCc1ccc(C(C)NC(=O)C2COc3ccccc3O2)cc1. The van der Waals surface area contributed by atoms with Crippen LogP contribution in [0.15, 0.2) is 48.5 Å². The third kappa shape index (κ3) is 3.47. The zero-order chi connectivity index (χ0) is 16.2. The van der Waals surface area contributed by atoms with Crippen molar-refractivity contribution < 1.29 is 14.3 Å². The van der Waals surface area contributed by atoms with Crippen LogP contribution < -0.4 is 14.8 Å². The molecule has 2 atom stereocenters. The number of ether oxygens (including phenoxy) is 2. The number of hydrogen-bond donors (Lipinski definition) is 1. The number of para-hydroxylation sites is 2. The molecule has 3 rings (SSSR count). The van der Waals surface area contributed by atoms with E-state index in [9.17, 15) is 4.79 Å². The summed E-state index contributed by atoms with van der Waals surface area (Å²) in [5.41, 5.74) is 2.36. The first-order valence-corrected chi connectivity index (χ1v) is 7.95. The van der Waals surface area contributed by atoms with E-state index >= 15 is 0 Å². The molecule has 0 aromatic heterocycles. The Balaban J connectivity index is 1.62. The fourth-order valence-corrected chi connectivity index (χ4v) is 2.58. The van der Waals surface area contributed by atoms with Crippen molar-refractivity contribution in [3.8, 4) is 11.5 Å². The van der Waals surface area contributed by atoms with Gasteiger partial charge < -0.3 is 14.8 Å². The Bertz CT molecular complexity index is 681. The number of carbonyl (C=O) groups excluding carboxylic acids is 1. The van der Waals surface area contributed by atoms with Gasteiger partial charge in [-0.15, -0.1) is 0 Å².